The van der Waals surface area contributed by atoms with Crippen LogP contribution in [0.4, 0.5) is 0 Å². The van der Waals surface area contributed by atoms with Crippen LogP contribution in [0.1, 0.15) is 5.56 Å². The van der Waals surface area contributed by atoms with Gasteiger partial charge in [0, 0.05) is 0 Å². The molecule has 60 valence electrons. The molecule has 2 nitrogen and oxygen atoms in total. The summed E-state index contributed by atoms with van der Waals surface area (Å²) in [6.07, 6.45) is 0. The topological polar surface area (TPSA) is 29.5 Å². The average molecular weight is 173 g/mol. The Bertz CT molecular complexity index is 271. The molecule has 0 heterocycles. The summed E-state index contributed by atoms with van der Waals surface area (Å²) in [5.41, 5.74) is 0.756. The minimum absolute atomic E-state index is 0.111. The molecule has 0 amide bonds. The number of aromatic hydroxyl groups is 1. The van der Waals surface area contributed by atoms with Gasteiger partial charge in [0.05, 0.1) is 12.1 Å². The van der Waals surface area contributed by atoms with E-state index in [4.69, 9.17) is 16.3 Å². The van der Waals surface area contributed by atoms with Crippen molar-refractivity contribution < 1.29 is 9.84 Å². The number of benzene rings is 1. The van der Waals surface area contributed by atoms with E-state index in [0.29, 0.717) is 10.8 Å². The molecule has 1 aromatic carbocycles. The van der Waals surface area contributed by atoms with Crippen molar-refractivity contribution in [2.24, 2.45) is 0 Å². The predicted molar refractivity (Wildman–Crippen MR) is 44.4 cm³/mol. The minimum Gasteiger partial charge on any atom is -0.504 e. The van der Waals surface area contributed by atoms with Gasteiger partial charge in [-0.2, -0.15) is 0 Å². The molecule has 0 bridgehead atoms. The predicted octanol–water partition coefficient (Wildman–Crippen LogP) is 2.36. The molecule has 3 heteroatoms. The summed E-state index contributed by atoms with van der Waals surface area (Å²) in [5, 5.41) is 9.80. The molecule has 1 rings (SSSR count). The number of phenols is 1. The van der Waals surface area contributed by atoms with Gasteiger partial charge >= 0.3 is 0 Å². The first kappa shape index (κ1) is 8.21. The summed E-state index contributed by atoms with van der Waals surface area (Å²) < 4.78 is 4.87. The number of methoxy groups -OCH3 is 1. The van der Waals surface area contributed by atoms with Gasteiger partial charge in [-0.05, 0) is 18.6 Å². The second-order valence-corrected chi connectivity index (χ2v) is 2.65. The third kappa shape index (κ3) is 1.40. The highest BCUT2D eigenvalue weighted by Crippen LogP contribution is 2.35. The Kier molecular flexibility index (Phi) is 2.25. The SMILES string of the molecule is COc1c(Cl)ccc(C)c1O. The summed E-state index contributed by atoms with van der Waals surface area (Å²) in [5.74, 6) is 0.451. The van der Waals surface area contributed by atoms with Gasteiger partial charge < -0.3 is 9.84 Å². The first-order valence-electron chi connectivity index (χ1n) is 3.19. The van der Waals surface area contributed by atoms with Gasteiger partial charge in [0.2, 0.25) is 0 Å². The summed E-state index contributed by atoms with van der Waals surface area (Å²) in [4.78, 5) is 0. The van der Waals surface area contributed by atoms with Gasteiger partial charge in [0.1, 0.15) is 0 Å². The van der Waals surface area contributed by atoms with Crippen molar-refractivity contribution in [3.63, 3.8) is 0 Å². The normalized spacial score (nSPS) is 9.73. The number of halogens is 1. The highest BCUT2D eigenvalue weighted by molar-refractivity contribution is 6.32. The van der Waals surface area contributed by atoms with Crippen molar-refractivity contribution in [3.8, 4) is 11.5 Å². The zero-order valence-electron chi connectivity index (χ0n) is 6.39. The molecule has 0 spiro atoms. The lowest BCUT2D eigenvalue weighted by Gasteiger charge is -2.06. The molecule has 0 atom stereocenters. The standard InChI is InChI=1S/C8H9ClO2/c1-5-3-4-6(9)8(11-2)7(5)10/h3-4,10H,1-2H3. The molecule has 0 aliphatic carbocycles. The van der Waals surface area contributed by atoms with Crippen LogP contribution in [-0.2, 0) is 0 Å². The molecule has 1 aromatic rings. The lowest BCUT2D eigenvalue weighted by atomic mass is 10.2. The first-order chi connectivity index (χ1) is 5.16. The van der Waals surface area contributed by atoms with Gasteiger partial charge in [0.25, 0.3) is 0 Å². The second-order valence-electron chi connectivity index (χ2n) is 2.25. The fourth-order valence-corrected chi connectivity index (χ4v) is 1.07. The van der Waals surface area contributed by atoms with Crippen LogP contribution in [0.25, 0.3) is 0 Å². The smallest absolute Gasteiger partial charge is 0.179 e. The third-order valence-corrected chi connectivity index (χ3v) is 1.79. The highest BCUT2D eigenvalue weighted by Gasteiger charge is 2.07. The molecule has 0 unspecified atom stereocenters. The number of hydrogen-bond donors (Lipinski definition) is 1. The van der Waals surface area contributed by atoms with Crippen LogP contribution >= 0.6 is 11.6 Å². The molecule has 0 aliphatic rings. The Morgan fingerprint density at radius 3 is 2.55 bits per heavy atom. The van der Waals surface area contributed by atoms with E-state index in [1.54, 1.807) is 19.1 Å². The van der Waals surface area contributed by atoms with Gasteiger partial charge in [-0.15, -0.1) is 0 Å². The Hall–Kier alpha value is -0.890. The van der Waals surface area contributed by atoms with Crippen LogP contribution in [0.2, 0.25) is 5.02 Å². The lowest BCUT2D eigenvalue weighted by Crippen LogP contribution is -1.86. The van der Waals surface area contributed by atoms with E-state index >= 15 is 0 Å². The van der Waals surface area contributed by atoms with E-state index in [1.165, 1.54) is 7.11 Å². The molecular weight excluding hydrogens is 164 g/mol. The van der Waals surface area contributed by atoms with Crippen molar-refractivity contribution in [2.45, 2.75) is 6.92 Å². The molecule has 11 heavy (non-hydrogen) atoms. The summed E-state index contributed by atoms with van der Waals surface area (Å²) in [6.45, 7) is 1.79. The monoisotopic (exact) mass is 172 g/mol. The number of rotatable bonds is 1. The Balaban J connectivity index is 3.29. The van der Waals surface area contributed by atoms with E-state index < -0.39 is 0 Å². The molecule has 0 fully saturated rings. The number of hydrogen-bond acceptors (Lipinski definition) is 2. The highest BCUT2D eigenvalue weighted by atomic mass is 35.5. The summed E-state index contributed by atoms with van der Waals surface area (Å²) in [7, 11) is 1.47. The van der Waals surface area contributed by atoms with E-state index in [2.05, 4.69) is 0 Å². The molecule has 0 saturated heterocycles. The van der Waals surface area contributed by atoms with E-state index in [-0.39, 0.29) is 5.75 Å². The molecule has 1 N–H and O–H groups in total. The fraction of sp³-hybridized carbons (Fsp3) is 0.250. The van der Waals surface area contributed by atoms with Crippen LogP contribution in [0.5, 0.6) is 11.5 Å². The van der Waals surface area contributed by atoms with Gasteiger partial charge in [-0.3, -0.25) is 0 Å². The van der Waals surface area contributed by atoms with Gasteiger partial charge in [-0.1, -0.05) is 17.7 Å². The van der Waals surface area contributed by atoms with Crippen molar-refractivity contribution in [3.05, 3.63) is 22.7 Å². The van der Waals surface area contributed by atoms with Crippen LogP contribution < -0.4 is 4.74 Å². The fourth-order valence-electron chi connectivity index (χ4n) is 0.839. The van der Waals surface area contributed by atoms with Crippen LogP contribution in [0, 0.1) is 6.92 Å². The average Bonchev–Trinajstić information content (AvgIpc) is 1.99. The number of phenolic OH excluding ortho intramolecular Hbond substituents is 1. The second kappa shape index (κ2) is 3.01. The zero-order valence-corrected chi connectivity index (χ0v) is 7.14. The maximum atomic E-state index is 9.37. The quantitative estimate of drug-likeness (QED) is 0.705. The molecular formula is C8H9ClO2. The van der Waals surface area contributed by atoms with E-state index in [1.807, 2.05) is 0 Å². The van der Waals surface area contributed by atoms with E-state index in [9.17, 15) is 5.11 Å². The Morgan fingerprint density at radius 2 is 2.09 bits per heavy atom. The number of ether oxygens (including phenoxy) is 1. The molecule has 0 radical (unpaired) electrons. The summed E-state index contributed by atoms with van der Waals surface area (Å²) >= 11 is 5.72. The van der Waals surface area contributed by atoms with Crippen molar-refractivity contribution in [1.29, 1.82) is 0 Å². The van der Waals surface area contributed by atoms with Crippen LogP contribution in [0.15, 0.2) is 12.1 Å². The molecule has 0 aromatic heterocycles. The van der Waals surface area contributed by atoms with Crippen molar-refractivity contribution in [1.82, 2.24) is 0 Å². The molecule has 0 saturated carbocycles. The Morgan fingerprint density at radius 1 is 1.45 bits per heavy atom. The number of aryl methyl sites for hydroxylation is 1. The Labute approximate surface area is 70.4 Å². The largest absolute Gasteiger partial charge is 0.504 e. The lowest BCUT2D eigenvalue weighted by molar-refractivity contribution is 0.372. The zero-order chi connectivity index (χ0) is 8.43. The minimum atomic E-state index is 0.111. The van der Waals surface area contributed by atoms with Crippen LogP contribution in [0.3, 0.4) is 0 Å². The first-order valence-corrected chi connectivity index (χ1v) is 3.56. The maximum absolute atomic E-state index is 9.37. The van der Waals surface area contributed by atoms with E-state index in [0.717, 1.165) is 5.56 Å². The molecule has 0 aliphatic heterocycles. The van der Waals surface area contributed by atoms with Crippen LogP contribution in [-0.4, -0.2) is 12.2 Å². The van der Waals surface area contributed by atoms with Gasteiger partial charge in [-0.25, -0.2) is 0 Å². The van der Waals surface area contributed by atoms with Crippen molar-refractivity contribution >= 4 is 11.6 Å². The maximum Gasteiger partial charge on any atom is 0.179 e. The third-order valence-electron chi connectivity index (χ3n) is 1.49. The van der Waals surface area contributed by atoms with Crippen molar-refractivity contribution in [2.75, 3.05) is 7.11 Å². The van der Waals surface area contributed by atoms with Gasteiger partial charge in [0.15, 0.2) is 11.5 Å². The summed E-state index contributed by atoms with van der Waals surface area (Å²) in [6, 6.07) is 3.43.